The third-order valence-electron chi connectivity index (χ3n) is 1.81. The SMILES string of the molecule is C=C1Sc2[c-]cc(C)nc2N1C.[Y]. The molecule has 0 bridgehead atoms. The van der Waals surface area contributed by atoms with Crippen LogP contribution in [0.5, 0.6) is 0 Å². The van der Waals surface area contributed by atoms with Gasteiger partial charge in [0.15, 0.2) is 0 Å². The number of aryl methyl sites for hydroxylation is 1. The Bertz CT molecular complexity index is 351. The van der Waals surface area contributed by atoms with Gasteiger partial charge in [-0.3, -0.25) is 0 Å². The van der Waals surface area contributed by atoms with E-state index in [4.69, 9.17) is 0 Å². The van der Waals surface area contributed by atoms with E-state index in [0.717, 1.165) is 21.4 Å². The normalized spacial score (nSPS) is 14.0. The van der Waals surface area contributed by atoms with Crippen LogP contribution in [0.3, 0.4) is 0 Å². The van der Waals surface area contributed by atoms with Crippen molar-refractivity contribution in [3.8, 4) is 0 Å². The van der Waals surface area contributed by atoms with Crippen LogP contribution in [0, 0.1) is 13.0 Å². The van der Waals surface area contributed by atoms with E-state index in [2.05, 4.69) is 17.6 Å². The summed E-state index contributed by atoms with van der Waals surface area (Å²) in [5.41, 5.74) is 0.996. The molecule has 0 unspecified atom stereocenters. The molecule has 1 aromatic rings. The predicted molar refractivity (Wildman–Crippen MR) is 51.2 cm³/mol. The molecule has 0 fully saturated rings. The molecule has 0 atom stereocenters. The van der Waals surface area contributed by atoms with Crippen molar-refractivity contribution in [3.63, 3.8) is 0 Å². The number of anilines is 1. The summed E-state index contributed by atoms with van der Waals surface area (Å²) in [6.07, 6.45) is 0. The molecule has 1 radical (unpaired) electrons. The summed E-state index contributed by atoms with van der Waals surface area (Å²) < 4.78 is 0. The first-order valence-corrected chi connectivity index (χ1v) is 4.50. The monoisotopic (exact) mass is 266 g/mol. The van der Waals surface area contributed by atoms with E-state index in [1.165, 1.54) is 0 Å². The molecule has 1 aliphatic rings. The van der Waals surface area contributed by atoms with Crippen molar-refractivity contribution in [1.82, 2.24) is 4.98 Å². The second kappa shape index (κ2) is 4.12. The Labute approximate surface area is 108 Å². The van der Waals surface area contributed by atoms with Crippen LogP contribution in [0.25, 0.3) is 0 Å². The first-order chi connectivity index (χ1) is 5.68. The number of hydrogen-bond acceptors (Lipinski definition) is 3. The van der Waals surface area contributed by atoms with Gasteiger partial charge in [0.25, 0.3) is 0 Å². The fourth-order valence-corrected chi connectivity index (χ4v) is 1.94. The molecule has 13 heavy (non-hydrogen) atoms. The molecule has 65 valence electrons. The number of pyridine rings is 1. The standard InChI is InChI=1S/C9H9N2S.Y/c1-6-4-5-8-9(10-6)11(3)7(2)12-8;/h4H,2H2,1,3H3;/q-1;. The summed E-state index contributed by atoms with van der Waals surface area (Å²) in [5, 5.41) is 1.01. The maximum Gasteiger partial charge on any atom is 0.0606 e. The fourth-order valence-electron chi connectivity index (χ4n) is 1.09. The van der Waals surface area contributed by atoms with E-state index in [1.807, 2.05) is 24.9 Å². The van der Waals surface area contributed by atoms with Crippen LogP contribution in [-0.4, -0.2) is 12.0 Å². The second-order valence-corrected chi connectivity index (χ2v) is 3.83. The van der Waals surface area contributed by atoms with Gasteiger partial charge in [0.2, 0.25) is 0 Å². The van der Waals surface area contributed by atoms with Gasteiger partial charge in [0, 0.05) is 45.6 Å². The van der Waals surface area contributed by atoms with Crippen molar-refractivity contribution in [2.45, 2.75) is 11.8 Å². The molecule has 0 aliphatic carbocycles. The van der Waals surface area contributed by atoms with Gasteiger partial charge >= 0.3 is 0 Å². The number of thioether (sulfide) groups is 1. The van der Waals surface area contributed by atoms with Crippen molar-refractivity contribution in [1.29, 1.82) is 0 Å². The van der Waals surface area contributed by atoms with Gasteiger partial charge in [0.05, 0.1) is 5.03 Å². The molecule has 0 saturated carbocycles. The molecule has 0 N–H and O–H groups in total. The molecule has 4 heteroatoms. The summed E-state index contributed by atoms with van der Waals surface area (Å²) in [7, 11) is 1.97. The Kier molecular flexibility index (Phi) is 3.55. The number of fused-ring (bicyclic) bond motifs is 1. The summed E-state index contributed by atoms with van der Waals surface area (Å²) >= 11 is 1.62. The predicted octanol–water partition coefficient (Wildman–Crippen LogP) is 2.20. The van der Waals surface area contributed by atoms with E-state index in [9.17, 15) is 0 Å². The van der Waals surface area contributed by atoms with Gasteiger partial charge in [-0.2, -0.15) is 12.1 Å². The first kappa shape index (κ1) is 11.2. The minimum absolute atomic E-state index is 0. The van der Waals surface area contributed by atoms with E-state index in [-0.39, 0.29) is 32.7 Å². The average molecular weight is 266 g/mol. The molecule has 0 aromatic carbocycles. The van der Waals surface area contributed by atoms with Gasteiger partial charge in [-0.15, -0.1) is 0 Å². The van der Waals surface area contributed by atoms with E-state index in [0.29, 0.717) is 0 Å². The average Bonchev–Trinajstić information content (AvgIpc) is 2.31. The minimum atomic E-state index is 0. The Morgan fingerprint density at radius 3 is 3.00 bits per heavy atom. The minimum Gasteiger partial charge on any atom is -0.377 e. The van der Waals surface area contributed by atoms with E-state index >= 15 is 0 Å². The van der Waals surface area contributed by atoms with Crippen LogP contribution in [0.2, 0.25) is 0 Å². The largest absolute Gasteiger partial charge is 0.377 e. The van der Waals surface area contributed by atoms with Crippen molar-refractivity contribution in [3.05, 3.63) is 29.4 Å². The molecular formula is C9H9N2SY-. The van der Waals surface area contributed by atoms with Gasteiger partial charge in [-0.05, 0) is 0 Å². The van der Waals surface area contributed by atoms with E-state index < -0.39 is 0 Å². The van der Waals surface area contributed by atoms with Crippen LogP contribution in [0.1, 0.15) is 5.69 Å². The van der Waals surface area contributed by atoms with Crippen molar-refractivity contribution in [2.24, 2.45) is 0 Å². The third-order valence-corrected chi connectivity index (χ3v) is 2.82. The smallest absolute Gasteiger partial charge is 0.0606 e. The second-order valence-electron chi connectivity index (χ2n) is 2.75. The zero-order chi connectivity index (χ0) is 8.72. The molecular weight excluding hydrogens is 257 g/mol. The zero-order valence-corrected chi connectivity index (χ0v) is 11.3. The number of nitrogens with zero attached hydrogens (tertiary/aromatic N) is 2. The maximum absolute atomic E-state index is 4.40. The Morgan fingerprint density at radius 1 is 1.62 bits per heavy atom. The van der Waals surface area contributed by atoms with Crippen molar-refractivity contribution < 1.29 is 32.7 Å². The zero-order valence-electron chi connectivity index (χ0n) is 7.66. The maximum atomic E-state index is 4.40. The molecule has 0 amide bonds. The van der Waals surface area contributed by atoms with E-state index in [1.54, 1.807) is 11.8 Å². The molecule has 0 saturated heterocycles. The third kappa shape index (κ3) is 1.98. The Balaban J connectivity index is 0.000000845. The molecule has 0 spiro atoms. The van der Waals surface area contributed by atoms with Gasteiger partial charge < -0.3 is 9.88 Å². The summed E-state index contributed by atoms with van der Waals surface area (Å²) in [5.74, 6) is 0.977. The summed E-state index contributed by atoms with van der Waals surface area (Å²) in [6, 6.07) is 5.08. The number of hydrogen-bond donors (Lipinski definition) is 0. The Morgan fingerprint density at radius 2 is 2.31 bits per heavy atom. The topological polar surface area (TPSA) is 16.1 Å². The van der Waals surface area contributed by atoms with Gasteiger partial charge in [0.1, 0.15) is 0 Å². The summed E-state index contributed by atoms with van der Waals surface area (Å²) in [6.45, 7) is 5.88. The first-order valence-electron chi connectivity index (χ1n) is 3.68. The van der Waals surface area contributed by atoms with Crippen LogP contribution in [0.15, 0.2) is 22.6 Å². The number of rotatable bonds is 0. The van der Waals surface area contributed by atoms with Gasteiger partial charge in [-0.1, -0.05) is 35.9 Å². The molecule has 1 aromatic heterocycles. The quantitative estimate of drug-likeness (QED) is 0.670. The number of aromatic nitrogens is 1. The molecule has 2 heterocycles. The van der Waals surface area contributed by atoms with Crippen LogP contribution in [-0.2, 0) is 32.7 Å². The fraction of sp³-hybridized carbons (Fsp3) is 0.222. The van der Waals surface area contributed by atoms with Crippen molar-refractivity contribution >= 4 is 17.6 Å². The van der Waals surface area contributed by atoms with Crippen LogP contribution in [0.4, 0.5) is 5.82 Å². The summed E-state index contributed by atoms with van der Waals surface area (Å²) in [4.78, 5) is 7.46. The van der Waals surface area contributed by atoms with Crippen molar-refractivity contribution in [2.75, 3.05) is 11.9 Å². The van der Waals surface area contributed by atoms with Gasteiger partial charge in [-0.25, -0.2) is 0 Å². The molecule has 1 aliphatic heterocycles. The van der Waals surface area contributed by atoms with Crippen LogP contribution >= 0.6 is 11.8 Å². The van der Waals surface area contributed by atoms with Crippen LogP contribution < -0.4 is 4.90 Å². The molecule has 2 rings (SSSR count). The molecule has 2 nitrogen and oxygen atoms in total. The Hall–Kier alpha value is 0.144.